The number of aromatic nitrogens is 4. The van der Waals surface area contributed by atoms with Gasteiger partial charge in [-0.3, -0.25) is 9.19 Å². The molecule has 0 aliphatic heterocycles. The van der Waals surface area contributed by atoms with E-state index in [9.17, 15) is 0 Å². The summed E-state index contributed by atoms with van der Waals surface area (Å²) in [5.74, 6) is 0. The van der Waals surface area contributed by atoms with Gasteiger partial charge in [-0.15, -0.1) is 0 Å². The van der Waals surface area contributed by atoms with Crippen molar-refractivity contribution in [3.05, 3.63) is 85.2 Å². The average molecular weight is 297 g/mol. The van der Waals surface area contributed by atoms with Crippen molar-refractivity contribution in [2.24, 2.45) is 0 Å². The SMILES string of the molecule is [B](n1ccc(-c2ccccc2)n1)n1nccc1-c1ccccc1. The molecule has 23 heavy (non-hydrogen) atoms. The van der Waals surface area contributed by atoms with Crippen LogP contribution in [0.1, 0.15) is 0 Å². The van der Waals surface area contributed by atoms with Gasteiger partial charge in [-0.2, -0.15) is 10.2 Å². The zero-order valence-corrected chi connectivity index (χ0v) is 12.4. The second-order valence-corrected chi connectivity index (χ2v) is 5.19. The van der Waals surface area contributed by atoms with E-state index in [2.05, 4.69) is 34.5 Å². The summed E-state index contributed by atoms with van der Waals surface area (Å²) in [7, 11) is 1.87. The van der Waals surface area contributed by atoms with Crippen LogP contribution in [0.4, 0.5) is 0 Å². The number of rotatable bonds is 4. The molecule has 2 aromatic carbocycles. The lowest BCUT2D eigenvalue weighted by molar-refractivity contribution is 0.890. The molecule has 2 heterocycles. The fourth-order valence-electron chi connectivity index (χ4n) is 2.52. The van der Waals surface area contributed by atoms with Gasteiger partial charge in [0.15, 0.2) is 0 Å². The molecule has 0 fully saturated rings. The fraction of sp³-hybridized carbons (Fsp3) is 0. The van der Waals surface area contributed by atoms with Crippen LogP contribution < -0.4 is 0 Å². The van der Waals surface area contributed by atoms with Crippen LogP contribution in [0.5, 0.6) is 0 Å². The zero-order valence-electron chi connectivity index (χ0n) is 12.4. The molecule has 0 N–H and O–H groups in total. The number of hydrogen-bond donors (Lipinski definition) is 0. The predicted molar refractivity (Wildman–Crippen MR) is 91.9 cm³/mol. The maximum Gasteiger partial charge on any atom is 0.437 e. The molecule has 0 amide bonds. The normalized spacial score (nSPS) is 10.6. The Morgan fingerprint density at radius 2 is 1.43 bits per heavy atom. The Bertz CT molecular complexity index is 897. The van der Waals surface area contributed by atoms with Gasteiger partial charge in [-0.05, 0) is 17.7 Å². The molecule has 109 valence electrons. The second-order valence-electron chi connectivity index (χ2n) is 5.19. The Balaban J connectivity index is 1.61. The first-order chi connectivity index (χ1) is 11.4. The molecular weight excluding hydrogens is 283 g/mol. The molecule has 0 unspecified atom stereocenters. The van der Waals surface area contributed by atoms with Gasteiger partial charge in [-0.1, -0.05) is 60.7 Å². The van der Waals surface area contributed by atoms with Crippen molar-refractivity contribution in [1.29, 1.82) is 0 Å². The third-order valence-corrected chi connectivity index (χ3v) is 3.65. The van der Waals surface area contributed by atoms with E-state index in [1.807, 2.05) is 66.9 Å². The first-order valence-corrected chi connectivity index (χ1v) is 7.45. The van der Waals surface area contributed by atoms with E-state index in [-0.39, 0.29) is 0 Å². The van der Waals surface area contributed by atoms with E-state index in [0.717, 1.165) is 22.5 Å². The van der Waals surface area contributed by atoms with Crippen LogP contribution in [0.25, 0.3) is 22.5 Å². The Labute approximate surface area is 135 Å². The largest absolute Gasteiger partial charge is 0.437 e. The topological polar surface area (TPSA) is 35.6 Å². The lowest BCUT2D eigenvalue weighted by Crippen LogP contribution is -2.19. The molecule has 5 heteroatoms. The summed E-state index contributed by atoms with van der Waals surface area (Å²) in [6.07, 6.45) is 3.72. The van der Waals surface area contributed by atoms with Crippen molar-refractivity contribution in [3.63, 3.8) is 0 Å². The minimum Gasteiger partial charge on any atom is -0.292 e. The van der Waals surface area contributed by atoms with Gasteiger partial charge >= 0.3 is 7.55 Å². The summed E-state index contributed by atoms with van der Waals surface area (Å²) in [4.78, 5) is 0. The van der Waals surface area contributed by atoms with E-state index >= 15 is 0 Å². The zero-order chi connectivity index (χ0) is 15.5. The summed E-state index contributed by atoms with van der Waals surface area (Å²) < 4.78 is 3.61. The van der Waals surface area contributed by atoms with Crippen LogP contribution in [0.2, 0.25) is 0 Å². The van der Waals surface area contributed by atoms with Crippen molar-refractivity contribution in [2.75, 3.05) is 0 Å². The fourth-order valence-corrected chi connectivity index (χ4v) is 2.52. The Morgan fingerprint density at radius 1 is 0.739 bits per heavy atom. The van der Waals surface area contributed by atoms with E-state index in [1.165, 1.54) is 0 Å². The summed E-state index contributed by atoms with van der Waals surface area (Å²) in [6.45, 7) is 0. The van der Waals surface area contributed by atoms with Gasteiger partial charge in [-0.25, -0.2) is 0 Å². The molecule has 0 bridgehead atoms. The molecule has 0 aliphatic carbocycles. The summed E-state index contributed by atoms with van der Waals surface area (Å²) in [5.41, 5.74) is 4.19. The highest BCUT2D eigenvalue weighted by atomic mass is 15.3. The van der Waals surface area contributed by atoms with Crippen LogP contribution in [0, 0.1) is 0 Å². The highest BCUT2D eigenvalue weighted by molar-refractivity contribution is 6.31. The molecule has 0 aliphatic rings. The molecule has 0 saturated heterocycles. The monoisotopic (exact) mass is 297 g/mol. The maximum absolute atomic E-state index is 4.59. The van der Waals surface area contributed by atoms with Gasteiger partial charge in [0.25, 0.3) is 0 Å². The van der Waals surface area contributed by atoms with Crippen LogP contribution in [-0.2, 0) is 0 Å². The molecule has 0 atom stereocenters. The quantitative estimate of drug-likeness (QED) is 0.542. The third kappa shape index (κ3) is 2.81. The summed E-state index contributed by atoms with van der Waals surface area (Å²) >= 11 is 0. The van der Waals surface area contributed by atoms with Gasteiger partial charge in [0.05, 0.1) is 11.4 Å². The van der Waals surface area contributed by atoms with E-state index in [1.54, 1.807) is 10.8 Å². The molecule has 0 spiro atoms. The molecule has 4 rings (SSSR count). The van der Waals surface area contributed by atoms with Crippen molar-refractivity contribution in [1.82, 2.24) is 19.4 Å². The van der Waals surface area contributed by atoms with Crippen LogP contribution in [-0.4, -0.2) is 26.9 Å². The van der Waals surface area contributed by atoms with E-state index < -0.39 is 0 Å². The van der Waals surface area contributed by atoms with Gasteiger partial charge in [0.1, 0.15) is 0 Å². The van der Waals surface area contributed by atoms with Crippen molar-refractivity contribution < 1.29 is 0 Å². The smallest absolute Gasteiger partial charge is 0.292 e. The Hall–Kier alpha value is -3.08. The Kier molecular flexibility index (Phi) is 3.52. The summed E-state index contributed by atoms with van der Waals surface area (Å²) in [6, 6.07) is 24.3. The highest BCUT2D eigenvalue weighted by Gasteiger charge is 2.09. The standard InChI is InChI=1S/C18H14BN4/c1-3-7-15(8-4-1)17-12-14-22(21-17)19-23-18(11-13-20-23)16-9-5-2-6-10-16/h1-14H. The molecule has 2 aromatic heterocycles. The predicted octanol–water partition coefficient (Wildman–Crippen LogP) is 3.34. The van der Waals surface area contributed by atoms with Crippen LogP contribution in [0.3, 0.4) is 0 Å². The minimum atomic E-state index is 0.940. The molecule has 1 radical (unpaired) electrons. The summed E-state index contributed by atoms with van der Waals surface area (Å²) in [5, 5.41) is 8.96. The number of benzene rings is 2. The van der Waals surface area contributed by atoms with Gasteiger partial charge < -0.3 is 0 Å². The third-order valence-electron chi connectivity index (χ3n) is 3.65. The Morgan fingerprint density at radius 3 is 2.17 bits per heavy atom. The van der Waals surface area contributed by atoms with Crippen LogP contribution in [0.15, 0.2) is 85.2 Å². The highest BCUT2D eigenvalue weighted by Crippen LogP contribution is 2.18. The lowest BCUT2D eigenvalue weighted by Gasteiger charge is -2.06. The van der Waals surface area contributed by atoms with Crippen molar-refractivity contribution >= 4 is 7.55 Å². The molecule has 4 aromatic rings. The van der Waals surface area contributed by atoms with Gasteiger partial charge in [0, 0.05) is 18.0 Å². The maximum atomic E-state index is 4.59. The van der Waals surface area contributed by atoms with E-state index in [4.69, 9.17) is 0 Å². The van der Waals surface area contributed by atoms with Crippen molar-refractivity contribution in [2.45, 2.75) is 0 Å². The lowest BCUT2D eigenvalue weighted by atomic mass is 10.1. The van der Waals surface area contributed by atoms with E-state index in [0.29, 0.717) is 0 Å². The van der Waals surface area contributed by atoms with Crippen molar-refractivity contribution in [3.8, 4) is 22.5 Å². The van der Waals surface area contributed by atoms with Gasteiger partial charge in [0.2, 0.25) is 0 Å². The first kappa shape index (κ1) is 13.6. The minimum absolute atomic E-state index is 0.940. The second kappa shape index (κ2) is 5.97. The molecular formula is C18H14BN4. The molecule has 0 saturated carbocycles. The van der Waals surface area contributed by atoms with Crippen LogP contribution >= 0.6 is 0 Å². The number of nitrogens with zero attached hydrogens (tertiary/aromatic N) is 4. The first-order valence-electron chi connectivity index (χ1n) is 7.45. The average Bonchev–Trinajstić information content (AvgIpc) is 3.26. The number of hydrogen-bond acceptors (Lipinski definition) is 2. The molecule has 4 nitrogen and oxygen atoms in total.